The van der Waals surface area contributed by atoms with Crippen LogP contribution in [-0.2, 0) is 10.0 Å². The summed E-state index contributed by atoms with van der Waals surface area (Å²) in [7, 11) is -3.51. The minimum atomic E-state index is -3.51. The van der Waals surface area contributed by atoms with Gasteiger partial charge in [0, 0.05) is 49.9 Å². The quantitative estimate of drug-likeness (QED) is 0.364. The molecule has 32 heavy (non-hydrogen) atoms. The van der Waals surface area contributed by atoms with Crippen molar-refractivity contribution >= 4 is 27.3 Å². The van der Waals surface area contributed by atoms with Gasteiger partial charge >= 0.3 is 0 Å². The van der Waals surface area contributed by atoms with E-state index in [1.807, 2.05) is 4.90 Å². The molecular formula is C21H25FN4O5S. The van der Waals surface area contributed by atoms with E-state index in [0.717, 1.165) is 0 Å². The van der Waals surface area contributed by atoms with Crippen LogP contribution >= 0.6 is 0 Å². The molecule has 1 heterocycles. The van der Waals surface area contributed by atoms with E-state index in [1.54, 1.807) is 25.1 Å². The van der Waals surface area contributed by atoms with Gasteiger partial charge in [-0.25, -0.2) is 12.8 Å². The number of nitrogens with zero attached hydrogens (tertiary/aromatic N) is 3. The fraction of sp³-hybridized carbons (Fsp3) is 0.381. The maximum absolute atomic E-state index is 13.9. The second kappa shape index (κ2) is 10.0. The van der Waals surface area contributed by atoms with Crippen LogP contribution in [0.3, 0.4) is 0 Å². The normalized spacial score (nSPS) is 14.9. The Morgan fingerprint density at radius 1 is 1.16 bits per heavy atom. The van der Waals surface area contributed by atoms with Crippen molar-refractivity contribution in [2.45, 2.75) is 13.3 Å². The Hall–Kier alpha value is -3.05. The predicted molar refractivity (Wildman–Crippen MR) is 119 cm³/mol. The lowest BCUT2D eigenvalue weighted by Crippen LogP contribution is -2.49. The minimum absolute atomic E-state index is 0.120. The molecule has 172 valence electrons. The number of carbonyl (C=O) groups is 1. The largest absolute Gasteiger partial charge is 0.367 e. The molecule has 2 aromatic rings. The first kappa shape index (κ1) is 23.6. The molecule has 0 unspecified atom stereocenters. The fourth-order valence-corrected chi connectivity index (χ4v) is 5.04. The first-order chi connectivity index (χ1) is 15.2. The van der Waals surface area contributed by atoms with Crippen LogP contribution in [0.5, 0.6) is 0 Å². The lowest BCUT2D eigenvalue weighted by atomic mass is 10.1. The van der Waals surface area contributed by atoms with Gasteiger partial charge in [0.25, 0.3) is 11.6 Å². The van der Waals surface area contributed by atoms with Crippen LogP contribution in [0.2, 0.25) is 0 Å². The maximum atomic E-state index is 13.9. The van der Waals surface area contributed by atoms with Gasteiger partial charge in [0.1, 0.15) is 5.82 Å². The number of benzene rings is 2. The maximum Gasteiger partial charge on any atom is 0.273 e. The second-order valence-electron chi connectivity index (χ2n) is 7.52. The number of sulfonamides is 1. The Bertz CT molecular complexity index is 1100. The molecule has 1 saturated heterocycles. The van der Waals surface area contributed by atoms with Gasteiger partial charge in [0.05, 0.1) is 16.4 Å². The third-order valence-electron chi connectivity index (χ3n) is 5.36. The van der Waals surface area contributed by atoms with Crippen molar-refractivity contribution in [1.29, 1.82) is 0 Å². The van der Waals surface area contributed by atoms with Crippen LogP contribution in [0.25, 0.3) is 0 Å². The molecule has 3 rings (SSSR count). The number of halogens is 1. The van der Waals surface area contributed by atoms with Crippen LogP contribution < -0.4 is 10.2 Å². The van der Waals surface area contributed by atoms with E-state index >= 15 is 0 Å². The SMILES string of the molecule is Cc1ccc(C(=O)NCCCS(=O)(=O)N2CCN(c3ccccc3F)CC2)cc1[N+](=O)[O-]. The Balaban J connectivity index is 1.47. The summed E-state index contributed by atoms with van der Waals surface area (Å²) in [5.74, 6) is -0.969. The van der Waals surface area contributed by atoms with Crippen molar-refractivity contribution < 1.29 is 22.5 Å². The number of nitrogens with one attached hydrogen (secondary N) is 1. The van der Waals surface area contributed by atoms with E-state index in [4.69, 9.17) is 0 Å². The molecule has 2 aromatic carbocycles. The number of para-hydroxylation sites is 1. The zero-order chi connectivity index (χ0) is 23.3. The second-order valence-corrected chi connectivity index (χ2v) is 9.61. The molecule has 1 aliphatic rings. The van der Waals surface area contributed by atoms with Crippen molar-refractivity contribution in [3.05, 3.63) is 69.5 Å². The molecular weight excluding hydrogens is 439 g/mol. The number of nitro groups is 1. The molecule has 0 aliphatic carbocycles. The van der Waals surface area contributed by atoms with Crippen molar-refractivity contribution in [2.24, 2.45) is 0 Å². The van der Waals surface area contributed by atoms with E-state index < -0.39 is 20.9 Å². The number of carbonyl (C=O) groups excluding carboxylic acids is 1. The van der Waals surface area contributed by atoms with E-state index in [1.165, 1.54) is 28.6 Å². The standard InChI is InChI=1S/C21H25FN4O5S/c1-16-7-8-17(15-20(16)26(28)29)21(27)23-9-4-14-32(30,31)25-12-10-24(11-13-25)19-6-3-2-5-18(19)22/h2-3,5-8,15H,4,9-14H2,1H3,(H,23,27). The molecule has 0 aromatic heterocycles. The third-order valence-corrected chi connectivity index (χ3v) is 7.31. The van der Waals surface area contributed by atoms with Gasteiger partial charge in [0.2, 0.25) is 10.0 Å². The highest BCUT2D eigenvalue weighted by Gasteiger charge is 2.27. The summed E-state index contributed by atoms with van der Waals surface area (Å²) in [6, 6.07) is 10.6. The Morgan fingerprint density at radius 2 is 1.84 bits per heavy atom. The first-order valence-corrected chi connectivity index (χ1v) is 11.8. The highest BCUT2D eigenvalue weighted by molar-refractivity contribution is 7.89. The van der Waals surface area contributed by atoms with Crippen LogP contribution in [0.4, 0.5) is 15.8 Å². The van der Waals surface area contributed by atoms with E-state index in [0.29, 0.717) is 24.3 Å². The number of piperazine rings is 1. The lowest BCUT2D eigenvalue weighted by Gasteiger charge is -2.35. The van der Waals surface area contributed by atoms with Gasteiger partial charge < -0.3 is 10.2 Å². The first-order valence-electron chi connectivity index (χ1n) is 10.2. The van der Waals surface area contributed by atoms with E-state index in [2.05, 4.69) is 5.32 Å². The lowest BCUT2D eigenvalue weighted by molar-refractivity contribution is -0.385. The van der Waals surface area contributed by atoms with Crippen molar-refractivity contribution in [3.8, 4) is 0 Å². The number of amides is 1. The van der Waals surface area contributed by atoms with Crippen LogP contribution in [0.15, 0.2) is 42.5 Å². The summed E-state index contributed by atoms with van der Waals surface area (Å²) in [6.45, 7) is 3.01. The molecule has 1 amide bonds. The van der Waals surface area contributed by atoms with Gasteiger partial charge in [-0.3, -0.25) is 14.9 Å². The fourth-order valence-electron chi connectivity index (χ4n) is 3.55. The molecule has 9 nitrogen and oxygen atoms in total. The summed E-state index contributed by atoms with van der Waals surface area (Å²) in [5.41, 5.74) is 0.917. The molecule has 1 N–H and O–H groups in total. The summed E-state index contributed by atoms with van der Waals surface area (Å²) in [5, 5.41) is 13.6. The monoisotopic (exact) mass is 464 g/mol. The van der Waals surface area contributed by atoms with Gasteiger partial charge in [-0.1, -0.05) is 18.2 Å². The average Bonchev–Trinajstić information content (AvgIpc) is 2.77. The topological polar surface area (TPSA) is 113 Å². The molecule has 1 aliphatic heterocycles. The smallest absolute Gasteiger partial charge is 0.273 e. The number of hydrogen-bond acceptors (Lipinski definition) is 6. The Morgan fingerprint density at radius 3 is 2.50 bits per heavy atom. The van der Waals surface area contributed by atoms with Crippen molar-refractivity contribution in [1.82, 2.24) is 9.62 Å². The van der Waals surface area contributed by atoms with Gasteiger partial charge in [-0.05, 0) is 31.5 Å². The average molecular weight is 465 g/mol. The molecule has 1 fully saturated rings. The van der Waals surface area contributed by atoms with E-state index in [-0.39, 0.29) is 48.9 Å². The highest BCUT2D eigenvalue weighted by Crippen LogP contribution is 2.21. The van der Waals surface area contributed by atoms with Crippen molar-refractivity contribution in [3.63, 3.8) is 0 Å². The highest BCUT2D eigenvalue weighted by atomic mass is 32.2. The number of aryl methyl sites for hydroxylation is 1. The predicted octanol–water partition coefficient (Wildman–Crippen LogP) is 2.31. The summed E-state index contributed by atoms with van der Waals surface area (Å²) in [4.78, 5) is 24.5. The molecule has 0 spiro atoms. The summed E-state index contributed by atoms with van der Waals surface area (Å²) >= 11 is 0. The summed E-state index contributed by atoms with van der Waals surface area (Å²) < 4.78 is 40.5. The number of hydrogen-bond donors (Lipinski definition) is 1. The molecule has 0 radical (unpaired) electrons. The number of rotatable bonds is 8. The van der Waals surface area contributed by atoms with Gasteiger partial charge in [-0.2, -0.15) is 4.31 Å². The zero-order valence-electron chi connectivity index (χ0n) is 17.7. The van der Waals surface area contributed by atoms with Crippen LogP contribution in [0.1, 0.15) is 22.3 Å². The molecule has 11 heteroatoms. The molecule has 0 saturated carbocycles. The van der Waals surface area contributed by atoms with Crippen LogP contribution in [0, 0.1) is 22.9 Å². The minimum Gasteiger partial charge on any atom is -0.367 e. The van der Waals surface area contributed by atoms with E-state index in [9.17, 15) is 27.7 Å². The number of anilines is 1. The van der Waals surface area contributed by atoms with Gasteiger partial charge in [0.15, 0.2) is 0 Å². The zero-order valence-corrected chi connectivity index (χ0v) is 18.5. The summed E-state index contributed by atoms with van der Waals surface area (Å²) in [6.07, 6.45) is 0.204. The molecule has 0 atom stereocenters. The Kier molecular flexibility index (Phi) is 7.41. The third kappa shape index (κ3) is 5.60. The number of nitro benzene ring substituents is 1. The van der Waals surface area contributed by atoms with Crippen molar-refractivity contribution in [2.75, 3.05) is 43.4 Å². The van der Waals surface area contributed by atoms with Crippen LogP contribution in [-0.4, -0.2) is 62.0 Å². The molecule has 0 bridgehead atoms. The Labute approximate surface area is 186 Å². The van der Waals surface area contributed by atoms with Gasteiger partial charge in [-0.15, -0.1) is 0 Å².